The van der Waals surface area contributed by atoms with Crippen molar-refractivity contribution in [3.05, 3.63) is 46.0 Å². The van der Waals surface area contributed by atoms with Crippen LogP contribution in [0.25, 0.3) is 0 Å². The third-order valence-electron chi connectivity index (χ3n) is 5.11. The van der Waals surface area contributed by atoms with Gasteiger partial charge in [-0.15, -0.1) is 11.3 Å². The Balaban J connectivity index is 1.58. The molecule has 1 aromatic heterocycles. The average molecular weight is 416 g/mol. The molecule has 0 bridgehead atoms. The predicted molar refractivity (Wildman–Crippen MR) is 111 cm³/mol. The van der Waals surface area contributed by atoms with E-state index in [1.165, 1.54) is 16.2 Å². The number of nitrogens with zero attached hydrogens (tertiary/aromatic N) is 2. The van der Waals surface area contributed by atoms with Crippen LogP contribution in [0.5, 0.6) is 0 Å². The summed E-state index contributed by atoms with van der Waals surface area (Å²) in [5.74, 6) is -0.491. The van der Waals surface area contributed by atoms with Gasteiger partial charge in [0.05, 0.1) is 16.8 Å². The van der Waals surface area contributed by atoms with E-state index in [2.05, 4.69) is 10.3 Å². The van der Waals surface area contributed by atoms with E-state index in [9.17, 15) is 14.4 Å². The number of hydrogen-bond donors (Lipinski definition) is 1. The Morgan fingerprint density at radius 1 is 1.21 bits per heavy atom. The van der Waals surface area contributed by atoms with Gasteiger partial charge in [0.1, 0.15) is 6.04 Å². The topological polar surface area (TPSA) is 79.4 Å². The summed E-state index contributed by atoms with van der Waals surface area (Å²) in [6.45, 7) is 0. The number of rotatable bonds is 6. The summed E-state index contributed by atoms with van der Waals surface area (Å²) in [5, 5.41) is 3.42. The van der Waals surface area contributed by atoms with Gasteiger partial charge in [0.2, 0.25) is 5.91 Å². The zero-order valence-electron chi connectivity index (χ0n) is 15.6. The molecule has 1 N–H and O–H groups in total. The van der Waals surface area contributed by atoms with E-state index in [0.717, 1.165) is 36.3 Å². The van der Waals surface area contributed by atoms with Crippen molar-refractivity contribution in [3.8, 4) is 0 Å². The van der Waals surface area contributed by atoms with Crippen LogP contribution in [-0.2, 0) is 17.6 Å². The fourth-order valence-electron chi connectivity index (χ4n) is 3.69. The van der Waals surface area contributed by atoms with Gasteiger partial charge in [-0.1, -0.05) is 12.1 Å². The lowest BCUT2D eigenvalue weighted by molar-refractivity contribution is -0.120. The van der Waals surface area contributed by atoms with Gasteiger partial charge >= 0.3 is 0 Å². The molecule has 2 heterocycles. The largest absolute Gasteiger partial charge is 0.300 e. The molecule has 0 radical (unpaired) electrons. The fourth-order valence-corrected chi connectivity index (χ4v) is 5.20. The van der Waals surface area contributed by atoms with Crippen molar-refractivity contribution in [1.82, 2.24) is 9.88 Å². The van der Waals surface area contributed by atoms with Crippen LogP contribution in [0.3, 0.4) is 0 Å². The molecule has 0 spiro atoms. The second kappa shape index (κ2) is 8.05. The summed E-state index contributed by atoms with van der Waals surface area (Å²) < 4.78 is 0. The second-order valence-electron chi connectivity index (χ2n) is 6.91. The second-order valence-corrected chi connectivity index (χ2v) is 8.98. The monoisotopic (exact) mass is 415 g/mol. The lowest BCUT2D eigenvalue weighted by Crippen LogP contribution is -2.47. The number of hydrogen-bond acceptors (Lipinski definition) is 6. The average Bonchev–Trinajstić information content (AvgIpc) is 3.22. The number of anilines is 1. The van der Waals surface area contributed by atoms with Gasteiger partial charge < -0.3 is 5.32 Å². The highest BCUT2D eigenvalue weighted by Crippen LogP contribution is 2.31. The Hall–Kier alpha value is -2.19. The lowest BCUT2D eigenvalue weighted by Gasteiger charge is -2.24. The Kier molecular flexibility index (Phi) is 5.50. The summed E-state index contributed by atoms with van der Waals surface area (Å²) in [6.07, 6.45) is 6.55. The van der Waals surface area contributed by atoms with Crippen LogP contribution in [0.4, 0.5) is 5.13 Å². The van der Waals surface area contributed by atoms with Crippen LogP contribution < -0.4 is 5.32 Å². The van der Waals surface area contributed by atoms with Crippen molar-refractivity contribution >= 4 is 46.0 Å². The van der Waals surface area contributed by atoms with Crippen molar-refractivity contribution in [2.45, 2.75) is 38.1 Å². The van der Waals surface area contributed by atoms with Crippen molar-refractivity contribution in [1.29, 1.82) is 0 Å². The fraction of sp³-hybridized carbons (Fsp3) is 0.400. The number of nitrogens with one attached hydrogen (secondary N) is 1. The van der Waals surface area contributed by atoms with Crippen molar-refractivity contribution in [2.75, 3.05) is 17.3 Å². The molecule has 0 saturated heterocycles. The molecule has 1 aromatic carbocycles. The van der Waals surface area contributed by atoms with Crippen molar-refractivity contribution in [2.24, 2.45) is 0 Å². The summed E-state index contributed by atoms with van der Waals surface area (Å²) in [7, 11) is 0. The number of amides is 3. The number of aryl methyl sites for hydroxylation is 2. The van der Waals surface area contributed by atoms with Gasteiger partial charge in [-0.2, -0.15) is 11.8 Å². The highest BCUT2D eigenvalue weighted by atomic mass is 32.2. The Labute approximate surface area is 171 Å². The first-order valence-corrected chi connectivity index (χ1v) is 11.6. The molecule has 1 aliphatic heterocycles. The summed E-state index contributed by atoms with van der Waals surface area (Å²) in [4.78, 5) is 45.6. The SMILES string of the molecule is CSCC[C@@H](C(=O)Nc1nc2c(s1)CCCC2)N1C(=O)c2ccccc2C1=O. The Bertz CT molecular complexity index is 882. The molecule has 28 heavy (non-hydrogen) atoms. The van der Waals surface area contributed by atoms with Crippen molar-refractivity contribution < 1.29 is 14.4 Å². The minimum atomic E-state index is -0.847. The molecular weight excluding hydrogens is 394 g/mol. The number of fused-ring (bicyclic) bond motifs is 2. The summed E-state index contributed by atoms with van der Waals surface area (Å²) >= 11 is 3.08. The maximum atomic E-state index is 13.1. The highest BCUT2D eigenvalue weighted by Gasteiger charge is 2.42. The number of benzene rings is 1. The summed E-state index contributed by atoms with van der Waals surface area (Å²) in [6, 6.07) is 5.87. The zero-order valence-corrected chi connectivity index (χ0v) is 17.2. The number of aromatic nitrogens is 1. The van der Waals surface area contributed by atoms with E-state index >= 15 is 0 Å². The van der Waals surface area contributed by atoms with Gasteiger partial charge in [-0.3, -0.25) is 19.3 Å². The predicted octanol–water partition coefficient (Wildman–Crippen LogP) is 3.38. The molecule has 1 atom stereocenters. The van der Waals surface area contributed by atoms with Crippen LogP contribution in [0.15, 0.2) is 24.3 Å². The molecule has 8 heteroatoms. The maximum absolute atomic E-state index is 13.1. The highest BCUT2D eigenvalue weighted by molar-refractivity contribution is 7.98. The minimum Gasteiger partial charge on any atom is -0.300 e. The molecule has 0 saturated carbocycles. The Morgan fingerprint density at radius 2 is 1.89 bits per heavy atom. The molecule has 0 fully saturated rings. The Morgan fingerprint density at radius 3 is 2.54 bits per heavy atom. The first-order chi connectivity index (χ1) is 13.6. The lowest BCUT2D eigenvalue weighted by atomic mass is 10.0. The smallest absolute Gasteiger partial charge is 0.262 e. The molecule has 0 unspecified atom stereocenters. The third-order valence-corrected chi connectivity index (χ3v) is 6.83. The number of imide groups is 1. The van der Waals surface area contributed by atoms with E-state index in [0.29, 0.717) is 28.4 Å². The van der Waals surface area contributed by atoms with Gasteiger partial charge in [-0.05, 0) is 56.2 Å². The van der Waals surface area contributed by atoms with Gasteiger partial charge in [0, 0.05) is 4.88 Å². The standard InChI is InChI=1S/C20H21N3O3S2/c1-27-11-10-15(23-18(25)12-6-2-3-7-13(12)19(23)26)17(24)22-20-21-14-8-4-5-9-16(14)28-20/h2-3,6-7,15H,4-5,8-11H2,1H3,(H,21,22,24)/t15-/m0/s1. The minimum absolute atomic E-state index is 0.352. The van der Waals surface area contributed by atoms with E-state index in [-0.39, 0.29) is 5.91 Å². The molecule has 1 aliphatic carbocycles. The van der Waals surface area contributed by atoms with Crippen LogP contribution in [0, 0.1) is 0 Å². The van der Waals surface area contributed by atoms with E-state index < -0.39 is 17.9 Å². The van der Waals surface area contributed by atoms with E-state index in [1.807, 2.05) is 6.26 Å². The quantitative estimate of drug-likeness (QED) is 0.732. The first-order valence-electron chi connectivity index (χ1n) is 9.35. The molecule has 2 aromatic rings. The number of carbonyl (C=O) groups is 3. The summed E-state index contributed by atoms with van der Waals surface area (Å²) in [5.41, 5.74) is 1.78. The van der Waals surface area contributed by atoms with Crippen LogP contribution in [0.1, 0.15) is 50.5 Å². The normalized spacial score (nSPS) is 16.7. The van der Waals surface area contributed by atoms with Gasteiger partial charge in [0.25, 0.3) is 11.8 Å². The molecule has 6 nitrogen and oxygen atoms in total. The molecular formula is C20H21N3O3S2. The third kappa shape index (κ3) is 3.46. The number of thiazole rings is 1. The molecule has 146 valence electrons. The van der Waals surface area contributed by atoms with Crippen LogP contribution in [0.2, 0.25) is 0 Å². The first kappa shape index (κ1) is 19.1. The number of carbonyl (C=O) groups excluding carboxylic acids is 3. The van der Waals surface area contributed by atoms with Gasteiger partial charge in [0.15, 0.2) is 5.13 Å². The van der Waals surface area contributed by atoms with Crippen molar-refractivity contribution in [3.63, 3.8) is 0 Å². The van der Waals surface area contributed by atoms with Crippen LogP contribution >= 0.6 is 23.1 Å². The van der Waals surface area contributed by atoms with Gasteiger partial charge in [-0.25, -0.2) is 4.98 Å². The zero-order chi connectivity index (χ0) is 19.7. The van der Waals surface area contributed by atoms with E-state index in [4.69, 9.17) is 0 Å². The molecule has 3 amide bonds. The van der Waals surface area contributed by atoms with Crippen LogP contribution in [-0.4, -0.2) is 45.7 Å². The maximum Gasteiger partial charge on any atom is 0.262 e. The van der Waals surface area contributed by atoms with E-state index in [1.54, 1.807) is 36.0 Å². The number of thioether (sulfide) groups is 1. The molecule has 4 rings (SSSR count). The molecule has 2 aliphatic rings.